The number of nitrogens with zero attached hydrogens (tertiary/aromatic N) is 3. The van der Waals surface area contributed by atoms with Crippen LogP contribution in [-0.4, -0.2) is 60.6 Å². The highest BCUT2D eigenvalue weighted by Crippen LogP contribution is 2.33. The monoisotopic (exact) mass is 462 g/mol. The SMILES string of the molecule is CCN(CC)c1ccc(/C=N\NC(=O)CN(c2ccc(OC)cc2OC)S(C)(=O)=O)cc1. The topological polar surface area (TPSA) is 101 Å². The van der Waals surface area contributed by atoms with Gasteiger partial charge in [0, 0.05) is 24.8 Å². The van der Waals surface area contributed by atoms with E-state index in [4.69, 9.17) is 9.47 Å². The van der Waals surface area contributed by atoms with Crippen LogP contribution in [0.3, 0.4) is 0 Å². The molecule has 0 spiro atoms. The number of carbonyl (C=O) groups is 1. The fourth-order valence-electron chi connectivity index (χ4n) is 3.08. The number of amides is 1. The van der Waals surface area contributed by atoms with Crippen LogP contribution in [0.1, 0.15) is 19.4 Å². The summed E-state index contributed by atoms with van der Waals surface area (Å²) in [5.41, 5.74) is 4.50. The summed E-state index contributed by atoms with van der Waals surface area (Å²) in [6.07, 6.45) is 2.52. The van der Waals surface area contributed by atoms with Gasteiger partial charge in [0.15, 0.2) is 0 Å². The van der Waals surface area contributed by atoms with Crippen molar-refractivity contribution in [2.24, 2.45) is 5.10 Å². The van der Waals surface area contributed by atoms with Crippen LogP contribution in [0.2, 0.25) is 0 Å². The van der Waals surface area contributed by atoms with Gasteiger partial charge in [-0.25, -0.2) is 13.8 Å². The number of carbonyl (C=O) groups excluding carboxylic acids is 1. The lowest BCUT2D eigenvalue weighted by Gasteiger charge is -2.23. The average Bonchev–Trinajstić information content (AvgIpc) is 2.78. The van der Waals surface area contributed by atoms with Gasteiger partial charge in [-0.05, 0) is 43.7 Å². The Kier molecular flexibility index (Phi) is 8.89. The molecule has 0 aliphatic rings. The predicted octanol–water partition coefficient (Wildman–Crippen LogP) is 2.47. The van der Waals surface area contributed by atoms with E-state index < -0.39 is 22.5 Å². The lowest BCUT2D eigenvalue weighted by molar-refractivity contribution is -0.119. The number of sulfonamides is 1. The minimum absolute atomic E-state index is 0.224. The predicted molar refractivity (Wildman–Crippen MR) is 127 cm³/mol. The number of nitrogens with one attached hydrogen (secondary N) is 1. The molecule has 2 rings (SSSR count). The van der Waals surface area contributed by atoms with Crippen LogP contribution in [-0.2, 0) is 14.8 Å². The zero-order valence-corrected chi connectivity index (χ0v) is 19.8. The van der Waals surface area contributed by atoms with Crippen molar-refractivity contribution in [2.45, 2.75) is 13.8 Å². The lowest BCUT2D eigenvalue weighted by Crippen LogP contribution is -2.39. The molecule has 0 heterocycles. The Hall–Kier alpha value is -3.27. The molecule has 0 radical (unpaired) electrons. The van der Waals surface area contributed by atoms with Crippen LogP contribution in [0.4, 0.5) is 11.4 Å². The second-order valence-corrected chi connectivity index (χ2v) is 8.77. The second kappa shape index (κ2) is 11.4. The van der Waals surface area contributed by atoms with E-state index in [1.807, 2.05) is 24.3 Å². The van der Waals surface area contributed by atoms with Crippen molar-refractivity contribution < 1.29 is 22.7 Å². The smallest absolute Gasteiger partial charge is 0.260 e. The molecule has 0 saturated carbocycles. The standard InChI is InChI=1S/C22H30N4O5S/c1-6-25(7-2)18-10-8-17(9-11-18)15-23-24-22(27)16-26(32(5,28)29)20-13-12-19(30-3)14-21(20)31-4/h8-15H,6-7,16H2,1-5H3,(H,24,27)/b23-15-. The van der Waals surface area contributed by atoms with E-state index in [0.29, 0.717) is 5.75 Å². The summed E-state index contributed by atoms with van der Waals surface area (Å²) in [4.78, 5) is 14.6. The van der Waals surface area contributed by atoms with E-state index in [1.165, 1.54) is 26.5 Å². The third-order valence-electron chi connectivity index (χ3n) is 4.77. The molecular weight excluding hydrogens is 432 g/mol. The first-order valence-electron chi connectivity index (χ1n) is 10.1. The molecule has 2 aromatic rings. The quantitative estimate of drug-likeness (QED) is 0.407. The molecule has 0 saturated heterocycles. The number of rotatable bonds is 11. The van der Waals surface area contributed by atoms with Gasteiger partial charge in [0.2, 0.25) is 10.0 Å². The summed E-state index contributed by atoms with van der Waals surface area (Å²) in [5, 5.41) is 3.94. The molecule has 174 valence electrons. The molecule has 1 N–H and O–H groups in total. The van der Waals surface area contributed by atoms with Crippen molar-refractivity contribution in [1.29, 1.82) is 0 Å². The molecule has 10 heteroatoms. The number of anilines is 2. The Morgan fingerprint density at radius 3 is 2.25 bits per heavy atom. The average molecular weight is 463 g/mol. The van der Waals surface area contributed by atoms with E-state index >= 15 is 0 Å². The molecular formula is C22H30N4O5S. The van der Waals surface area contributed by atoms with Gasteiger partial charge in [0.05, 0.1) is 32.4 Å². The maximum absolute atomic E-state index is 12.4. The number of hydrogen-bond acceptors (Lipinski definition) is 7. The highest BCUT2D eigenvalue weighted by atomic mass is 32.2. The third kappa shape index (κ3) is 6.61. The molecule has 0 fully saturated rings. The molecule has 0 aliphatic carbocycles. The van der Waals surface area contributed by atoms with E-state index in [1.54, 1.807) is 12.1 Å². The van der Waals surface area contributed by atoms with Gasteiger partial charge >= 0.3 is 0 Å². The normalized spacial score (nSPS) is 11.3. The van der Waals surface area contributed by atoms with Crippen molar-refractivity contribution in [2.75, 3.05) is 49.3 Å². The zero-order chi connectivity index (χ0) is 23.7. The highest BCUT2D eigenvalue weighted by Gasteiger charge is 2.24. The van der Waals surface area contributed by atoms with Crippen LogP contribution < -0.4 is 24.1 Å². The Morgan fingerprint density at radius 1 is 1.06 bits per heavy atom. The fourth-order valence-corrected chi connectivity index (χ4v) is 3.94. The first kappa shape index (κ1) is 25.0. The van der Waals surface area contributed by atoms with Crippen molar-refractivity contribution in [3.63, 3.8) is 0 Å². The summed E-state index contributed by atoms with van der Waals surface area (Å²) in [6, 6.07) is 12.4. The molecule has 0 bridgehead atoms. The van der Waals surface area contributed by atoms with E-state index in [2.05, 4.69) is 29.3 Å². The minimum atomic E-state index is -3.77. The van der Waals surface area contributed by atoms with Gasteiger partial charge in [0.1, 0.15) is 18.0 Å². The Labute approximate surface area is 189 Å². The largest absolute Gasteiger partial charge is 0.497 e. The van der Waals surface area contributed by atoms with Crippen molar-refractivity contribution in [3.05, 3.63) is 48.0 Å². The van der Waals surface area contributed by atoms with Gasteiger partial charge in [-0.2, -0.15) is 5.10 Å². The molecule has 9 nitrogen and oxygen atoms in total. The first-order chi connectivity index (χ1) is 15.2. The van der Waals surface area contributed by atoms with Crippen molar-refractivity contribution in [3.8, 4) is 11.5 Å². The number of ether oxygens (including phenoxy) is 2. The molecule has 2 aromatic carbocycles. The summed E-state index contributed by atoms with van der Waals surface area (Å²) in [7, 11) is -0.863. The van der Waals surface area contributed by atoms with Crippen LogP contribution >= 0.6 is 0 Å². The Bertz CT molecular complexity index is 1030. The minimum Gasteiger partial charge on any atom is -0.497 e. The van der Waals surface area contributed by atoms with Gasteiger partial charge < -0.3 is 14.4 Å². The van der Waals surface area contributed by atoms with Gasteiger partial charge in [-0.1, -0.05) is 12.1 Å². The van der Waals surface area contributed by atoms with Gasteiger partial charge in [0.25, 0.3) is 5.91 Å². The summed E-state index contributed by atoms with van der Waals surface area (Å²) in [6.45, 7) is 5.55. The van der Waals surface area contributed by atoms with Gasteiger partial charge in [-0.15, -0.1) is 0 Å². The molecule has 32 heavy (non-hydrogen) atoms. The number of methoxy groups -OCH3 is 2. The zero-order valence-electron chi connectivity index (χ0n) is 19.0. The highest BCUT2D eigenvalue weighted by molar-refractivity contribution is 7.92. The van der Waals surface area contributed by atoms with Crippen LogP contribution in [0.25, 0.3) is 0 Å². The van der Waals surface area contributed by atoms with E-state index in [0.717, 1.165) is 34.9 Å². The van der Waals surface area contributed by atoms with E-state index in [-0.39, 0.29) is 11.4 Å². The van der Waals surface area contributed by atoms with Crippen molar-refractivity contribution >= 4 is 33.5 Å². The number of hydrogen-bond donors (Lipinski definition) is 1. The Morgan fingerprint density at radius 2 is 1.72 bits per heavy atom. The van der Waals surface area contributed by atoms with Gasteiger partial charge in [-0.3, -0.25) is 9.10 Å². The van der Waals surface area contributed by atoms with Crippen molar-refractivity contribution in [1.82, 2.24) is 5.43 Å². The number of benzene rings is 2. The molecule has 0 unspecified atom stereocenters. The molecule has 0 aliphatic heterocycles. The Balaban J connectivity index is 2.10. The van der Waals surface area contributed by atoms with E-state index in [9.17, 15) is 13.2 Å². The molecule has 0 aromatic heterocycles. The third-order valence-corrected chi connectivity index (χ3v) is 5.89. The fraction of sp³-hybridized carbons (Fsp3) is 0.364. The number of hydrazone groups is 1. The summed E-state index contributed by atoms with van der Waals surface area (Å²) in [5.74, 6) is 0.170. The summed E-state index contributed by atoms with van der Waals surface area (Å²) < 4.78 is 36.0. The van der Waals surface area contributed by atoms with Crippen LogP contribution in [0, 0.1) is 0 Å². The second-order valence-electron chi connectivity index (χ2n) is 6.86. The molecule has 0 atom stereocenters. The maximum atomic E-state index is 12.4. The van der Waals surface area contributed by atoms with Crippen LogP contribution in [0.15, 0.2) is 47.6 Å². The maximum Gasteiger partial charge on any atom is 0.260 e. The first-order valence-corrected chi connectivity index (χ1v) is 11.9. The summed E-state index contributed by atoms with van der Waals surface area (Å²) >= 11 is 0. The lowest BCUT2D eigenvalue weighted by atomic mass is 10.2. The van der Waals surface area contributed by atoms with Crippen LogP contribution in [0.5, 0.6) is 11.5 Å². The molecule has 1 amide bonds.